The molecule has 0 rings (SSSR count). The molecule has 10 heteroatoms. The van der Waals surface area contributed by atoms with Crippen molar-refractivity contribution in [3.63, 3.8) is 0 Å². The van der Waals surface area contributed by atoms with E-state index in [1.54, 1.807) is 0 Å². The molecule has 26 heavy (non-hydrogen) atoms. The maximum atomic E-state index is 5.95. The molecule has 0 aliphatic rings. The largest absolute Gasteiger partial charge is 0.395 e. The van der Waals surface area contributed by atoms with Crippen LogP contribution in [0.2, 0.25) is 25.2 Å². The lowest BCUT2D eigenvalue weighted by atomic mass is 10.6. The molecule has 0 amide bonds. The lowest BCUT2D eigenvalue weighted by Gasteiger charge is -2.26. The molecule has 0 atom stereocenters. The minimum Gasteiger partial charge on any atom is -0.395 e. The van der Waals surface area contributed by atoms with Gasteiger partial charge in [-0.25, -0.2) is 0 Å². The molecule has 0 saturated heterocycles. The van der Waals surface area contributed by atoms with E-state index >= 15 is 0 Å². The molecule has 0 aliphatic carbocycles. The van der Waals surface area contributed by atoms with Crippen LogP contribution in [0.4, 0.5) is 0 Å². The van der Waals surface area contributed by atoms with Crippen LogP contribution in [0.5, 0.6) is 0 Å². The van der Waals surface area contributed by atoms with Gasteiger partial charge in [0.15, 0.2) is 0 Å². The van der Waals surface area contributed by atoms with E-state index in [1.165, 1.54) is 20.4 Å². The normalized spacial score (nSPS) is 12.6. The van der Waals surface area contributed by atoms with E-state index in [-0.39, 0.29) is 9.45 Å². The summed E-state index contributed by atoms with van der Waals surface area (Å²) in [5.74, 6) is 2.39. The Morgan fingerprint density at radius 1 is 0.731 bits per heavy atom. The molecule has 0 heterocycles. The number of hydrogen-bond donors (Lipinski definition) is 0. The second-order valence-electron chi connectivity index (χ2n) is 6.19. The zero-order valence-corrected chi connectivity index (χ0v) is 22.6. The smallest absolute Gasteiger partial charge is 0.334 e. The highest BCUT2D eigenvalue weighted by Crippen LogP contribution is 2.18. The Labute approximate surface area is 176 Å². The van der Waals surface area contributed by atoms with Crippen molar-refractivity contribution in [2.75, 3.05) is 37.9 Å². The molecule has 0 aromatic carbocycles. The number of hydrogen-bond acceptors (Lipinski definition) is 5. The Kier molecular flexibility index (Phi) is 16.9. The Balaban J connectivity index is 4.54. The number of rotatable bonds is 16. The maximum absolute atomic E-state index is 5.95. The first kappa shape index (κ1) is 27.3. The molecule has 158 valence electrons. The van der Waals surface area contributed by atoms with Crippen LogP contribution in [-0.2, 0) is 56.1 Å². The summed E-state index contributed by atoms with van der Waals surface area (Å²) in [6, 6.07) is 2.12. The molecule has 0 aromatic rings. The van der Waals surface area contributed by atoms with Gasteiger partial charge in [-0.05, 0) is 106 Å². The van der Waals surface area contributed by atoms with Crippen molar-refractivity contribution < 1.29 is 17.7 Å². The summed E-state index contributed by atoms with van der Waals surface area (Å²) >= 11 is 5.15. The van der Waals surface area contributed by atoms with E-state index in [0.717, 1.165) is 51.4 Å². The zero-order valence-electron chi connectivity index (χ0n) is 17.3. The third-order valence-electron chi connectivity index (χ3n) is 3.93. The third-order valence-corrected chi connectivity index (χ3v) is 17.3. The minimum absolute atomic E-state index is 0.288. The van der Waals surface area contributed by atoms with Crippen LogP contribution < -0.4 is 0 Å². The molecular formula is C16H38O4S4Si2. The molecule has 0 radical (unpaired) electrons. The van der Waals surface area contributed by atoms with Crippen molar-refractivity contribution in [3.05, 3.63) is 0 Å². The summed E-state index contributed by atoms with van der Waals surface area (Å²) in [6.45, 7) is 15.5. The van der Waals surface area contributed by atoms with Crippen molar-refractivity contribution in [2.45, 2.75) is 65.7 Å². The van der Waals surface area contributed by atoms with Crippen molar-refractivity contribution in [3.8, 4) is 0 Å². The summed E-state index contributed by atoms with van der Waals surface area (Å²) < 4.78 is 23.8. The summed E-state index contributed by atoms with van der Waals surface area (Å²) in [7, 11) is -0.363. The Morgan fingerprint density at radius 2 is 1.08 bits per heavy atom. The summed E-state index contributed by atoms with van der Waals surface area (Å²) in [6.07, 6.45) is 2.31. The molecule has 4 nitrogen and oxygen atoms in total. The molecule has 0 saturated carbocycles. The van der Waals surface area contributed by atoms with E-state index in [0.29, 0.717) is 0 Å². The monoisotopic (exact) mass is 478 g/mol. The highest BCUT2D eigenvalue weighted by atomic mass is 33.2. The molecular weight excluding hydrogens is 441 g/mol. The topological polar surface area (TPSA) is 36.9 Å². The van der Waals surface area contributed by atoms with Gasteiger partial charge in [0.1, 0.15) is 0 Å². The molecule has 0 N–H and O–H groups in total. The molecule has 0 unspecified atom stereocenters. The van der Waals surface area contributed by atoms with Crippen molar-refractivity contribution in [1.29, 1.82) is 0 Å². The van der Waals surface area contributed by atoms with Gasteiger partial charge in [-0.1, -0.05) is 0 Å². The zero-order chi connectivity index (χ0) is 19.9. The molecule has 0 fully saturated rings. The first-order chi connectivity index (χ1) is 12.4. The van der Waals surface area contributed by atoms with Gasteiger partial charge >= 0.3 is 17.1 Å². The predicted octanol–water partition coefficient (Wildman–Crippen LogP) is 4.13. The van der Waals surface area contributed by atoms with Gasteiger partial charge in [-0.3, -0.25) is 0 Å². The average molecular weight is 479 g/mol. The lowest BCUT2D eigenvalue weighted by molar-refractivity contribution is 0.188. The summed E-state index contributed by atoms with van der Waals surface area (Å²) in [4.78, 5) is 0. The highest BCUT2D eigenvalue weighted by molar-refractivity contribution is 8.58. The van der Waals surface area contributed by atoms with Gasteiger partial charge in [-0.15, -0.1) is 9.45 Å². The van der Waals surface area contributed by atoms with Crippen LogP contribution in [0.25, 0.3) is 0 Å². The SMILES string of the molecule is CCO[Si](C)(CCCS(CCC[Si](C)(OCC)OCC)=S=S=S)OCC. The van der Waals surface area contributed by atoms with Crippen LogP contribution in [0.15, 0.2) is 0 Å². The first-order valence-electron chi connectivity index (χ1n) is 9.58. The van der Waals surface area contributed by atoms with Gasteiger partial charge in [0.2, 0.25) is 0 Å². The van der Waals surface area contributed by atoms with Crippen LogP contribution in [0.1, 0.15) is 40.5 Å². The van der Waals surface area contributed by atoms with Crippen LogP contribution in [0, 0.1) is 0 Å². The molecule has 0 bridgehead atoms. The summed E-state index contributed by atoms with van der Waals surface area (Å²) in [5.41, 5.74) is 0. The van der Waals surface area contributed by atoms with E-state index in [1.807, 2.05) is 8.88 Å². The van der Waals surface area contributed by atoms with Crippen molar-refractivity contribution in [2.24, 2.45) is 0 Å². The van der Waals surface area contributed by atoms with Gasteiger partial charge in [0, 0.05) is 26.4 Å². The molecule has 0 aliphatic heterocycles. The van der Waals surface area contributed by atoms with Crippen molar-refractivity contribution in [1.82, 2.24) is 0 Å². The van der Waals surface area contributed by atoms with E-state index in [2.05, 4.69) is 40.8 Å². The second-order valence-corrected chi connectivity index (χ2v) is 19.5. The fourth-order valence-electron chi connectivity index (χ4n) is 2.91. The van der Waals surface area contributed by atoms with Crippen LogP contribution in [0.3, 0.4) is 0 Å². The Morgan fingerprint density at radius 3 is 1.35 bits per heavy atom. The minimum atomic E-state index is -1.99. The van der Waals surface area contributed by atoms with E-state index in [4.69, 9.17) is 28.9 Å². The van der Waals surface area contributed by atoms with Gasteiger partial charge in [0.25, 0.3) is 0 Å². The van der Waals surface area contributed by atoms with Gasteiger partial charge < -0.3 is 17.7 Å². The van der Waals surface area contributed by atoms with Crippen LogP contribution >= 0.6 is 0 Å². The van der Waals surface area contributed by atoms with Gasteiger partial charge in [0.05, 0.1) is 0 Å². The van der Waals surface area contributed by atoms with E-state index < -0.39 is 17.1 Å². The van der Waals surface area contributed by atoms with Crippen LogP contribution in [-0.4, -0.2) is 55.1 Å². The maximum Gasteiger partial charge on any atom is 0.334 e. The highest BCUT2D eigenvalue weighted by Gasteiger charge is 2.31. The summed E-state index contributed by atoms with van der Waals surface area (Å²) in [5, 5.41) is 0. The van der Waals surface area contributed by atoms with Gasteiger partial charge in [-0.2, -0.15) is 0 Å². The Bertz CT molecular complexity index is 427. The molecule has 0 aromatic heterocycles. The standard InChI is InChI=1S/C16H38O4S4Si2/c1-7-17-25(5,18-8-2)15-11-13-24(23-22-21)14-12-16-26(6,19-9-3)20-10-4/h7-16H2,1-6H3. The average Bonchev–Trinajstić information content (AvgIpc) is 2.55. The predicted molar refractivity (Wildman–Crippen MR) is 128 cm³/mol. The second kappa shape index (κ2) is 16.1. The first-order valence-corrected chi connectivity index (χ1v) is 19.8. The quantitative estimate of drug-likeness (QED) is 0.312. The Hall–Kier alpha value is 1.28. The lowest BCUT2D eigenvalue weighted by Crippen LogP contribution is -2.39. The fraction of sp³-hybridized carbons (Fsp3) is 1.00. The van der Waals surface area contributed by atoms with E-state index in [9.17, 15) is 0 Å². The third kappa shape index (κ3) is 12.7. The molecule has 0 spiro atoms. The fourth-order valence-corrected chi connectivity index (χ4v) is 15.0. The van der Waals surface area contributed by atoms with Crippen molar-refractivity contribution >= 4 is 55.5 Å².